The molecule has 0 aliphatic heterocycles. The van der Waals surface area contributed by atoms with Crippen molar-refractivity contribution >= 4 is 22.8 Å². The molecule has 0 amide bonds. The second kappa shape index (κ2) is 11.9. The summed E-state index contributed by atoms with van der Waals surface area (Å²) in [5.41, 5.74) is 3.65. The van der Waals surface area contributed by atoms with Gasteiger partial charge in [0.1, 0.15) is 5.82 Å². The van der Waals surface area contributed by atoms with Gasteiger partial charge in [-0.3, -0.25) is 0 Å². The molecule has 166 valence electrons. The second-order valence-corrected chi connectivity index (χ2v) is 9.63. The van der Waals surface area contributed by atoms with Crippen molar-refractivity contribution in [2.75, 3.05) is 0 Å². The fraction of sp³-hybridized carbons (Fsp3) is 0.345. The summed E-state index contributed by atoms with van der Waals surface area (Å²) in [7, 11) is 0. The smallest absolute Gasteiger partial charge is 0.127 e. The third-order valence-corrected chi connectivity index (χ3v) is 7.27. The Balaban J connectivity index is 1.61. The van der Waals surface area contributed by atoms with Gasteiger partial charge in [0.15, 0.2) is 0 Å². The molecule has 0 saturated carbocycles. The number of aromatic nitrogens is 2. The van der Waals surface area contributed by atoms with Crippen molar-refractivity contribution in [1.29, 1.82) is 0 Å². The zero-order valence-corrected chi connectivity index (χ0v) is 19.9. The van der Waals surface area contributed by atoms with Crippen molar-refractivity contribution in [3.05, 3.63) is 96.3 Å². The zero-order valence-electron chi connectivity index (χ0n) is 19.1. The van der Waals surface area contributed by atoms with Crippen molar-refractivity contribution in [3.8, 4) is 0 Å². The Morgan fingerprint density at radius 3 is 2.09 bits per heavy atom. The molecule has 1 unspecified atom stereocenters. The van der Waals surface area contributed by atoms with Crippen LogP contribution >= 0.6 is 11.8 Å². The molecule has 0 radical (unpaired) electrons. The number of hydrogen-bond acceptors (Lipinski definition) is 2. The molecule has 32 heavy (non-hydrogen) atoms. The molecule has 0 N–H and O–H groups in total. The Morgan fingerprint density at radius 1 is 0.719 bits per heavy atom. The number of aryl methyl sites for hydroxylation is 1. The molecule has 0 spiro atoms. The van der Waals surface area contributed by atoms with E-state index < -0.39 is 0 Å². The Morgan fingerprint density at radius 2 is 1.34 bits per heavy atom. The lowest BCUT2D eigenvalue weighted by Crippen LogP contribution is -2.09. The van der Waals surface area contributed by atoms with Crippen molar-refractivity contribution in [3.63, 3.8) is 0 Å². The molecule has 0 aliphatic carbocycles. The van der Waals surface area contributed by atoms with Crippen LogP contribution in [0.2, 0.25) is 0 Å². The van der Waals surface area contributed by atoms with Crippen LogP contribution in [0.4, 0.5) is 0 Å². The summed E-state index contributed by atoms with van der Waals surface area (Å²) in [5.74, 6) is 1.16. The van der Waals surface area contributed by atoms with Crippen LogP contribution in [0.25, 0.3) is 11.0 Å². The summed E-state index contributed by atoms with van der Waals surface area (Å²) >= 11 is 1.89. The summed E-state index contributed by atoms with van der Waals surface area (Å²) in [4.78, 5) is 6.44. The van der Waals surface area contributed by atoms with Crippen LogP contribution in [-0.2, 0) is 6.54 Å². The first-order valence-electron chi connectivity index (χ1n) is 12.1. The van der Waals surface area contributed by atoms with Gasteiger partial charge >= 0.3 is 0 Å². The fourth-order valence-corrected chi connectivity index (χ4v) is 5.45. The third-order valence-electron chi connectivity index (χ3n) is 6.00. The molecule has 0 fully saturated rings. The van der Waals surface area contributed by atoms with E-state index in [1.807, 2.05) is 11.8 Å². The summed E-state index contributed by atoms with van der Waals surface area (Å²) in [6, 6.07) is 30.1. The number of thioether (sulfide) groups is 1. The number of nitrogens with zero attached hydrogens (tertiary/aromatic N) is 2. The van der Waals surface area contributed by atoms with Gasteiger partial charge in [0, 0.05) is 11.4 Å². The maximum atomic E-state index is 5.17. The maximum absolute atomic E-state index is 5.17. The van der Waals surface area contributed by atoms with E-state index >= 15 is 0 Å². The Bertz CT molecular complexity index is 1070. The third kappa shape index (κ3) is 5.83. The summed E-state index contributed by atoms with van der Waals surface area (Å²) in [6.07, 6.45) is 9.24. The van der Waals surface area contributed by atoms with Crippen LogP contribution in [0.5, 0.6) is 0 Å². The standard InChI is InChI=1S/C29H34N2S/c1-2-3-4-5-6-7-16-23-31-27-22-15-14-21-26(27)30-29(31)28(24-17-10-8-11-18-24)32-25-19-12-9-13-20-25/h8-15,17-22,28H,2-7,16,23H2,1H3. The lowest BCUT2D eigenvalue weighted by Gasteiger charge is -2.19. The summed E-state index contributed by atoms with van der Waals surface area (Å²) < 4.78 is 2.48. The minimum atomic E-state index is 0.163. The van der Waals surface area contributed by atoms with Crippen LogP contribution in [0.15, 0.2) is 89.8 Å². The van der Waals surface area contributed by atoms with E-state index in [9.17, 15) is 0 Å². The first-order valence-corrected chi connectivity index (χ1v) is 13.0. The maximum Gasteiger partial charge on any atom is 0.127 e. The van der Waals surface area contributed by atoms with E-state index in [1.54, 1.807) is 0 Å². The highest BCUT2D eigenvalue weighted by Gasteiger charge is 2.23. The van der Waals surface area contributed by atoms with E-state index in [0.29, 0.717) is 0 Å². The predicted molar refractivity (Wildman–Crippen MR) is 138 cm³/mol. The van der Waals surface area contributed by atoms with Gasteiger partial charge in [0.25, 0.3) is 0 Å². The number of unbranched alkanes of at least 4 members (excludes halogenated alkanes) is 6. The molecule has 4 rings (SSSR count). The molecular weight excluding hydrogens is 408 g/mol. The number of imidazole rings is 1. The van der Waals surface area contributed by atoms with Crippen LogP contribution < -0.4 is 0 Å². The molecule has 1 atom stereocenters. The van der Waals surface area contributed by atoms with Gasteiger partial charge in [-0.05, 0) is 36.2 Å². The SMILES string of the molecule is CCCCCCCCCn1c(C(Sc2ccccc2)c2ccccc2)nc2ccccc21. The molecule has 4 aromatic rings. The number of rotatable bonds is 12. The average Bonchev–Trinajstić information content (AvgIpc) is 3.21. The Labute approximate surface area is 197 Å². The first-order chi connectivity index (χ1) is 15.9. The van der Waals surface area contributed by atoms with Crippen molar-refractivity contribution in [1.82, 2.24) is 9.55 Å². The normalized spacial score (nSPS) is 12.3. The predicted octanol–water partition coefficient (Wildman–Crippen LogP) is 8.67. The highest BCUT2D eigenvalue weighted by molar-refractivity contribution is 7.99. The quantitative estimate of drug-likeness (QED) is 0.161. The van der Waals surface area contributed by atoms with Gasteiger partial charge in [-0.25, -0.2) is 4.98 Å². The van der Waals surface area contributed by atoms with Crippen LogP contribution in [-0.4, -0.2) is 9.55 Å². The first kappa shape index (κ1) is 22.7. The molecule has 3 aromatic carbocycles. The van der Waals surface area contributed by atoms with Gasteiger partial charge in [0.2, 0.25) is 0 Å². The highest BCUT2D eigenvalue weighted by Crippen LogP contribution is 2.41. The van der Waals surface area contributed by atoms with Gasteiger partial charge < -0.3 is 4.57 Å². The molecule has 0 bridgehead atoms. The molecule has 0 aliphatic rings. The fourth-order valence-electron chi connectivity index (χ4n) is 4.29. The Hall–Kier alpha value is -2.52. The van der Waals surface area contributed by atoms with Crippen LogP contribution in [0.1, 0.15) is 68.5 Å². The molecular formula is C29H34N2S. The van der Waals surface area contributed by atoms with Gasteiger partial charge in [0.05, 0.1) is 16.3 Å². The molecule has 1 heterocycles. The molecule has 3 heteroatoms. The molecule has 1 aromatic heterocycles. The van der Waals surface area contributed by atoms with E-state index in [1.165, 1.54) is 60.9 Å². The van der Waals surface area contributed by atoms with Gasteiger partial charge in [-0.15, -0.1) is 11.8 Å². The van der Waals surface area contributed by atoms with E-state index in [4.69, 9.17) is 4.98 Å². The Kier molecular flexibility index (Phi) is 8.44. The molecule has 0 saturated heterocycles. The summed E-state index contributed by atoms with van der Waals surface area (Å²) in [6.45, 7) is 3.31. The minimum Gasteiger partial charge on any atom is -0.327 e. The number of benzene rings is 3. The average molecular weight is 443 g/mol. The largest absolute Gasteiger partial charge is 0.327 e. The van der Waals surface area contributed by atoms with E-state index in [0.717, 1.165) is 17.9 Å². The summed E-state index contributed by atoms with van der Waals surface area (Å²) in [5, 5.41) is 0.163. The number of hydrogen-bond donors (Lipinski definition) is 0. The van der Waals surface area contributed by atoms with Crippen LogP contribution in [0, 0.1) is 0 Å². The second-order valence-electron chi connectivity index (χ2n) is 8.45. The molecule has 2 nitrogen and oxygen atoms in total. The monoisotopic (exact) mass is 442 g/mol. The highest BCUT2D eigenvalue weighted by atomic mass is 32.2. The lowest BCUT2D eigenvalue weighted by molar-refractivity contribution is 0.547. The number of para-hydroxylation sites is 2. The van der Waals surface area contributed by atoms with Crippen molar-refractivity contribution < 1.29 is 0 Å². The van der Waals surface area contributed by atoms with Gasteiger partial charge in [-0.1, -0.05) is 106 Å². The van der Waals surface area contributed by atoms with Gasteiger partial charge in [-0.2, -0.15) is 0 Å². The van der Waals surface area contributed by atoms with Crippen LogP contribution in [0.3, 0.4) is 0 Å². The van der Waals surface area contributed by atoms with Crippen molar-refractivity contribution in [2.45, 2.75) is 68.6 Å². The minimum absolute atomic E-state index is 0.163. The van der Waals surface area contributed by atoms with E-state index in [2.05, 4.69) is 96.4 Å². The topological polar surface area (TPSA) is 17.8 Å². The van der Waals surface area contributed by atoms with Crippen molar-refractivity contribution in [2.24, 2.45) is 0 Å². The number of fused-ring (bicyclic) bond motifs is 1. The zero-order chi connectivity index (χ0) is 22.0. The lowest BCUT2D eigenvalue weighted by atomic mass is 10.1. The van der Waals surface area contributed by atoms with E-state index in [-0.39, 0.29) is 5.25 Å².